The molecule has 0 atom stereocenters. The number of carbonyl (C=O) groups is 1. The van der Waals surface area contributed by atoms with E-state index in [1.54, 1.807) is 25.3 Å². The molecule has 2 aromatic carbocycles. The summed E-state index contributed by atoms with van der Waals surface area (Å²) in [7, 11) is 1.58. The maximum Gasteiger partial charge on any atom is 0.279 e. The van der Waals surface area contributed by atoms with E-state index in [4.69, 9.17) is 9.47 Å². The van der Waals surface area contributed by atoms with Crippen LogP contribution < -0.4 is 9.54 Å². The van der Waals surface area contributed by atoms with Crippen LogP contribution in [0.25, 0.3) is 10.2 Å². The number of fused-ring (bicyclic) bond motifs is 1. The highest BCUT2D eigenvalue weighted by Crippen LogP contribution is 2.22. The van der Waals surface area contributed by atoms with Gasteiger partial charge in [0.2, 0.25) is 0 Å². The molecule has 5 nitrogen and oxygen atoms in total. The van der Waals surface area contributed by atoms with E-state index >= 15 is 0 Å². The SMILES string of the molecule is CCOCCn1c(=NC(=O)c2cccc(OC)c2)sc2cc(C)c(C)cc21. The van der Waals surface area contributed by atoms with Crippen LogP contribution in [0, 0.1) is 13.8 Å². The van der Waals surface area contributed by atoms with Gasteiger partial charge in [-0.2, -0.15) is 4.99 Å². The number of hydrogen-bond donors (Lipinski definition) is 0. The molecule has 1 aromatic heterocycles. The van der Waals surface area contributed by atoms with Gasteiger partial charge in [-0.1, -0.05) is 17.4 Å². The summed E-state index contributed by atoms with van der Waals surface area (Å²) in [6, 6.07) is 11.4. The molecule has 1 heterocycles. The third kappa shape index (κ3) is 4.28. The Kier molecular flexibility index (Phi) is 6.08. The first kappa shape index (κ1) is 19.3. The Labute approximate surface area is 162 Å². The van der Waals surface area contributed by atoms with Gasteiger partial charge in [0.25, 0.3) is 5.91 Å². The Hall–Kier alpha value is -2.44. The van der Waals surface area contributed by atoms with Crippen molar-refractivity contribution < 1.29 is 14.3 Å². The number of ether oxygens (including phenoxy) is 2. The summed E-state index contributed by atoms with van der Waals surface area (Å²) in [5, 5.41) is 0. The maximum atomic E-state index is 12.7. The average molecular weight is 385 g/mol. The van der Waals surface area contributed by atoms with E-state index < -0.39 is 0 Å². The van der Waals surface area contributed by atoms with Crippen molar-refractivity contribution in [3.8, 4) is 5.75 Å². The lowest BCUT2D eigenvalue weighted by molar-refractivity contribution is 0.0996. The second-order valence-corrected chi connectivity index (χ2v) is 7.30. The van der Waals surface area contributed by atoms with Crippen molar-refractivity contribution in [3.63, 3.8) is 0 Å². The maximum absolute atomic E-state index is 12.7. The van der Waals surface area contributed by atoms with Gasteiger partial charge in [0, 0.05) is 18.7 Å². The van der Waals surface area contributed by atoms with E-state index in [9.17, 15) is 4.79 Å². The lowest BCUT2D eigenvalue weighted by Gasteiger charge is -2.07. The van der Waals surface area contributed by atoms with Crippen LogP contribution in [0.2, 0.25) is 0 Å². The van der Waals surface area contributed by atoms with Crippen LogP contribution >= 0.6 is 11.3 Å². The molecular weight excluding hydrogens is 360 g/mol. The van der Waals surface area contributed by atoms with Gasteiger partial charge in [0.1, 0.15) is 5.75 Å². The van der Waals surface area contributed by atoms with Crippen molar-refractivity contribution in [2.75, 3.05) is 20.3 Å². The number of hydrogen-bond acceptors (Lipinski definition) is 4. The summed E-state index contributed by atoms with van der Waals surface area (Å²) in [6.07, 6.45) is 0. The fraction of sp³-hybridized carbons (Fsp3) is 0.333. The van der Waals surface area contributed by atoms with Crippen LogP contribution in [0.3, 0.4) is 0 Å². The van der Waals surface area contributed by atoms with Gasteiger partial charge < -0.3 is 14.0 Å². The highest BCUT2D eigenvalue weighted by molar-refractivity contribution is 7.16. The zero-order valence-electron chi connectivity index (χ0n) is 16.1. The molecule has 3 rings (SSSR count). The number of carbonyl (C=O) groups excluding carboxylic acids is 1. The Morgan fingerprint density at radius 1 is 1.19 bits per heavy atom. The molecule has 0 fully saturated rings. The van der Waals surface area contributed by atoms with E-state index in [-0.39, 0.29) is 5.91 Å². The highest BCUT2D eigenvalue weighted by Gasteiger charge is 2.11. The molecule has 0 aliphatic heterocycles. The van der Waals surface area contributed by atoms with Crippen LogP contribution in [0.4, 0.5) is 0 Å². The van der Waals surface area contributed by atoms with Crippen LogP contribution in [-0.4, -0.2) is 30.8 Å². The summed E-state index contributed by atoms with van der Waals surface area (Å²) in [6.45, 7) is 8.06. The number of methoxy groups -OCH3 is 1. The Balaban J connectivity index is 2.09. The van der Waals surface area contributed by atoms with Crippen molar-refractivity contribution in [3.05, 3.63) is 57.9 Å². The molecule has 6 heteroatoms. The molecule has 1 amide bonds. The third-order valence-electron chi connectivity index (χ3n) is 4.48. The number of thiazole rings is 1. The smallest absolute Gasteiger partial charge is 0.279 e. The summed E-state index contributed by atoms with van der Waals surface area (Å²) in [5.41, 5.74) is 4.04. The van der Waals surface area contributed by atoms with Gasteiger partial charge in [-0.3, -0.25) is 4.79 Å². The Morgan fingerprint density at radius 2 is 1.96 bits per heavy atom. The fourth-order valence-corrected chi connectivity index (χ4v) is 3.97. The molecule has 0 saturated heterocycles. The minimum Gasteiger partial charge on any atom is -0.497 e. The molecule has 3 aromatic rings. The first-order chi connectivity index (χ1) is 13.0. The van der Waals surface area contributed by atoms with E-state index in [1.807, 2.05) is 13.0 Å². The number of rotatable bonds is 6. The molecule has 0 unspecified atom stereocenters. The van der Waals surface area contributed by atoms with Crippen LogP contribution in [0.5, 0.6) is 5.75 Å². The first-order valence-electron chi connectivity index (χ1n) is 8.95. The van der Waals surface area contributed by atoms with E-state index in [0.29, 0.717) is 35.9 Å². The zero-order chi connectivity index (χ0) is 19.4. The van der Waals surface area contributed by atoms with Gasteiger partial charge >= 0.3 is 0 Å². The monoisotopic (exact) mass is 384 g/mol. The standard InChI is InChI=1S/C21H24N2O3S/c1-5-26-10-9-23-18-11-14(2)15(3)12-19(18)27-21(23)22-20(24)16-7-6-8-17(13-16)25-4/h6-8,11-13H,5,9-10H2,1-4H3. The van der Waals surface area contributed by atoms with E-state index in [0.717, 1.165) is 10.2 Å². The minimum absolute atomic E-state index is 0.279. The van der Waals surface area contributed by atoms with Crippen LogP contribution in [0.1, 0.15) is 28.4 Å². The predicted molar refractivity (Wildman–Crippen MR) is 109 cm³/mol. The highest BCUT2D eigenvalue weighted by atomic mass is 32.1. The quantitative estimate of drug-likeness (QED) is 0.601. The van der Waals surface area contributed by atoms with Gasteiger partial charge in [0.15, 0.2) is 4.80 Å². The van der Waals surface area contributed by atoms with Crippen molar-refractivity contribution in [1.29, 1.82) is 0 Å². The molecule has 0 bridgehead atoms. The number of benzene rings is 2. The summed E-state index contributed by atoms with van der Waals surface area (Å²) >= 11 is 1.53. The molecule has 0 radical (unpaired) electrons. The normalized spacial score (nSPS) is 11.9. The molecule has 0 aliphatic carbocycles. The lowest BCUT2D eigenvalue weighted by atomic mass is 10.1. The van der Waals surface area contributed by atoms with Gasteiger partial charge in [-0.15, -0.1) is 0 Å². The Bertz CT molecular complexity index is 1030. The van der Waals surface area contributed by atoms with E-state index in [2.05, 4.69) is 35.5 Å². The second kappa shape index (κ2) is 8.50. The van der Waals surface area contributed by atoms with Crippen molar-refractivity contribution >= 4 is 27.5 Å². The molecule has 0 N–H and O–H groups in total. The molecule has 27 heavy (non-hydrogen) atoms. The largest absolute Gasteiger partial charge is 0.497 e. The number of amides is 1. The van der Waals surface area contributed by atoms with Crippen molar-refractivity contribution in [2.45, 2.75) is 27.3 Å². The topological polar surface area (TPSA) is 52.8 Å². The predicted octanol–water partition coefficient (Wildman–Crippen LogP) is 4.11. The third-order valence-corrected chi connectivity index (χ3v) is 5.52. The van der Waals surface area contributed by atoms with Crippen molar-refractivity contribution in [1.82, 2.24) is 4.57 Å². The van der Waals surface area contributed by atoms with Gasteiger partial charge in [-0.25, -0.2) is 0 Å². The first-order valence-corrected chi connectivity index (χ1v) is 9.76. The van der Waals surface area contributed by atoms with Crippen LogP contribution in [0.15, 0.2) is 41.4 Å². The lowest BCUT2D eigenvalue weighted by Crippen LogP contribution is -2.19. The summed E-state index contributed by atoms with van der Waals surface area (Å²) in [4.78, 5) is 17.8. The molecular formula is C21H24N2O3S. The average Bonchev–Trinajstić information content (AvgIpc) is 2.98. The zero-order valence-corrected chi connectivity index (χ0v) is 16.9. The fourth-order valence-electron chi connectivity index (χ4n) is 2.83. The molecule has 0 aliphatic rings. The number of aryl methyl sites for hydroxylation is 2. The van der Waals surface area contributed by atoms with E-state index in [1.165, 1.54) is 22.5 Å². The Morgan fingerprint density at radius 3 is 2.70 bits per heavy atom. The molecule has 0 spiro atoms. The van der Waals surface area contributed by atoms with Gasteiger partial charge in [0.05, 0.1) is 23.9 Å². The summed E-state index contributed by atoms with van der Waals surface area (Å²) < 4.78 is 13.9. The van der Waals surface area contributed by atoms with Crippen LogP contribution in [-0.2, 0) is 11.3 Å². The second-order valence-electron chi connectivity index (χ2n) is 6.29. The number of aromatic nitrogens is 1. The minimum atomic E-state index is -0.279. The molecule has 0 saturated carbocycles. The molecule has 142 valence electrons. The van der Waals surface area contributed by atoms with Crippen molar-refractivity contribution in [2.24, 2.45) is 4.99 Å². The number of nitrogens with zero attached hydrogens (tertiary/aromatic N) is 2. The van der Waals surface area contributed by atoms with Gasteiger partial charge in [-0.05, 0) is 62.2 Å². The summed E-state index contributed by atoms with van der Waals surface area (Å²) in [5.74, 6) is 0.363.